The maximum atomic E-state index is 13.6. The Morgan fingerprint density at radius 2 is 1.70 bits per heavy atom. The number of ether oxygens (including phenoxy) is 3. The van der Waals surface area contributed by atoms with Crippen LogP contribution in [0, 0.1) is 16.2 Å². The Labute approximate surface area is 192 Å². The molecule has 2 saturated heterocycles. The van der Waals surface area contributed by atoms with Gasteiger partial charge in [-0.25, -0.2) is 9.59 Å². The van der Waals surface area contributed by atoms with E-state index in [4.69, 9.17) is 14.2 Å². The molecule has 2 bridgehead atoms. The lowest BCUT2D eigenvalue weighted by atomic mass is 9.38. The van der Waals surface area contributed by atoms with Gasteiger partial charge in [0.05, 0.1) is 0 Å². The third-order valence-corrected chi connectivity index (χ3v) is 9.66. The van der Waals surface area contributed by atoms with Gasteiger partial charge in [-0.2, -0.15) is 0 Å². The van der Waals surface area contributed by atoms with Gasteiger partial charge in [-0.05, 0) is 58.6 Å². The molecule has 5 rings (SSSR count). The van der Waals surface area contributed by atoms with Gasteiger partial charge in [0.1, 0.15) is 23.2 Å². The first-order chi connectivity index (χ1) is 15.1. The van der Waals surface area contributed by atoms with Crippen LogP contribution >= 0.6 is 0 Å². The van der Waals surface area contributed by atoms with Crippen LogP contribution in [0.5, 0.6) is 0 Å². The molecule has 2 aliphatic carbocycles. The zero-order chi connectivity index (χ0) is 24.6. The molecular formula is C25H30O8. The number of cyclic esters (lactones) is 2. The van der Waals surface area contributed by atoms with Crippen molar-refractivity contribution >= 4 is 17.9 Å². The standard InChI is InChI=1S/C25H30O8/c1-12-16-17(27)22(7)13(2)24(18(28)31-14(3)25(24,30)19(29)33-22)21(16,6)10-11-23(12)9-8-15(26)32-20(23,4)5/h8-9,14,17,27,30H,2,10-11H2,1,3-7H3. The highest BCUT2D eigenvalue weighted by Gasteiger charge is 2.87. The van der Waals surface area contributed by atoms with Crippen molar-refractivity contribution < 1.29 is 38.8 Å². The number of rotatable bonds is 0. The number of carbonyl (C=O) groups is 3. The molecule has 0 aromatic heterocycles. The van der Waals surface area contributed by atoms with Crippen molar-refractivity contribution in [2.45, 2.75) is 83.4 Å². The second kappa shape index (κ2) is 5.78. The zero-order valence-electron chi connectivity index (χ0n) is 19.8. The molecular weight excluding hydrogens is 428 g/mol. The lowest BCUT2D eigenvalue weighted by Crippen LogP contribution is -2.78. The second-order valence-corrected chi connectivity index (χ2v) is 11.0. The van der Waals surface area contributed by atoms with Gasteiger partial charge in [-0.1, -0.05) is 25.2 Å². The zero-order valence-corrected chi connectivity index (χ0v) is 19.8. The topological polar surface area (TPSA) is 119 Å². The minimum absolute atomic E-state index is 0.138. The first-order valence-corrected chi connectivity index (χ1v) is 11.3. The normalized spacial score (nSPS) is 49.9. The van der Waals surface area contributed by atoms with Gasteiger partial charge in [0.25, 0.3) is 0 Å². The Balaban J connectivity index is 1.89. The third-order valence-electron chi connectivity index (χ3n) is 9.66. The van der Waals surface area contributed by atoms with Crippen molar-refractivity contribution in [3.8, 4) is 0 Å². The van der Waals surface area contributed by atoms with E-state index in [1.165, 1.54) is 19.9 Å². The van der Waals surface area contributed by atoms with E-state index in [2.05, 4.69) is 6.58 Å². The average molecular weight is 459 g/mol. The molecule has 3 fully saturated rings. The van der Waals surface area contributed by atoms with E-state index < -0.39 is 63.2 Å². The number of esters is 3. The number of hydrogen-bond donors (Lipinski definition) is 2. The Bertz CT molecular complexity index is 1120. The number of fused-ring (bicyclic) bond motifs is 2. The summed E-state index contributed by atoms with van der Waals surface area (Å²) in [5.41, 5.74) is -7.34. The van der Waals surface area contributed by atoms with E-state index in [1.807, 2.05) is 20.8 Å². The molecule has 0 aromatic carbocycles. The van der Waals surface area contributed by atoms with Gasteiger partial charge in [-0.15, -0.1) is 0 Å². The minimum atomic E-state index is -2.30. The van der Waals surface area contributed by atoms with E-state index in [-0.39, 0.29) is 5.57 Å². The van der Waals surface area contributed by atoms with Crippen molar-refractivity contribution in [1.82, 2.24) is 0 Å². The van der Waals surface area contributed by atoms with Gasteiger partial charge in [0.2, 0.25) is 5.60 Å². The molecule has 3 heterocycles. The number of aliphatic hydroxyl groups excluding tert-OH is 1. The highest BCUT2D eigenvalue weighted by molar-refractivity contribution is 6.01. The van der Waals surface area contributed by atoms with Gasteiger partial charge in [0, 0.05) is 16.9 Å². The lowest BCUT2D eigenvalue weighted by Gasteiger charge is -2.67. The SMILES string of the molecule is C=C1C2(C)OC(=O)C3(O)C(C)OC(=O)C13C1(C)CCC3(C=CC(=O)OC3(C)C)C(C)=C1C2O. The molecule has 178 valence electrons. The Kier molecular flexibility index (Phi) is 3.91. The predicted octanol–water partition coefficient (Wildman–Crippen LogP) is 1.89. The molecule has 2 N–H and O–H groups in total. The van der Waals surface area contributed by atoms with Gasteiger partial charge < -0.3 is 24.4 Å². The summed E-state index contributed by atoms with van der Waals surface area (Å²) < 4.78 is 16.9. The summed E-state index contributed by atoms with van der Waals surface area (Å²) >= 11 is 0. The second-order valence-electron chi connectivity index (χ2n) is 11.0. The number of hydrogen-bond acceptors (Lipinski definition) is 8. The summed E-state index contributed by atoms with van der Waals surface area (Å²) in [6, 6.07) is 0. The maximum absolute atomic E-state index is 13.6. The first-order valence-electron chi connectivity index (χ1n) is 11.3. The fraction of sp³-hybridized carbons (Fsp3) is 0.640. The lowest BCUT2D eigenvalue weighted by molar-refractivity contribution is -0.241. The van der Waals surface area contributed by atoms with E-state index >= 15 is 0 Å². The molecule has 8 heteroatoms. The van der Waals surface area contributed by atoms with E-state index in [0.29, 0.717) is 24.0 Å². The van der Waals surface area contributed by atoms with E-state index in [9.17, 15) is 24.6 Å². The van der Waals surface area contributed by atoms with Crippen LogP contribution in [-0.4, -0.2) is 57.1 Å². The fourth-order valence-corrected chi connectivity index (χ4v) is 7.71. The molecule has 3 aliphatic heterocycles. The molecule has 7 atom stereocenters. The molecule has 33 heavy (non-hydrogen) atoms. The maximum Gasteiger partial charge on any atom is 0.344 e. The van der Waals surface area contributed by atoms with Crippen LogP contribution in [0.3, 0.4) is 0 Å². The molecule has 7 unspecified atom stereocenters. The highest BCUT2D eigenvalue weighted by atomic mass is 16.6. The molecule has 5 aliphatic rings. The minimum Gasteiger partial charge on any atom is -0.458 e. The molecule has 0 aromatic rings. The molecule has 2 spiro atoms. The Hall–Kier alpha value is -2.45. The molecule has 0 amide bonds. The van der Waals surface area contributed by atoms with Crippen LogP contribution in [0.25, 0.3) is 0 Å². The van der Waals surface area contributed by atoms with Crippen molar-refractivity contribution in [2.24, 2.45) is 16.2 Å². The predicted molar refractivity (Wildman–Crippen MR) is 114 cm³/mol. The number of aliphatic hydroxyl groups is 2. The van der Waals surface area contributed by atoms with Crippen LogP contribution < -0.4 is 0 Å². The van der Waals surface area contributed by atoms with Crippen molar-refractivity contribution in [3.05, 3.63) is 35.5 Å². The summed E-state index contributed by atoms with van der Waals surface area (Å²) in [6.07, 6.45) is 1.46. The molecule has 8 nitrogen and oxygen atoms in total. The monoisotopic (exact) mass is 458 g/mol. The van der Waals surface area contributed by atoms with Gasteiger partial charge >= 0.3 is 17.9 Å². The highest BCUT2D eigenvalue weighted by Crippen LogP contribution is 2.74. The third kappa shape index (κ3) is 1.94. The van der Waals surface area contributed by atoms with Crippen molar-refractivity contribution in [1.29, 1.82) is 0 Å². The quantitative estimate of drug-likeness (QED) is 0.321. The number of carbonyl (C=O) groups excluding carboxylic acids is 3. The first kappa shape index (κ1) is 22.3. The van der Waals surface area contributed by atoms with Crippen LogP contribution in [0.2, 0.25) is 0 Å². The van der Waals surface area contributed by atoms with E-state index in [0.717, 1.165) is 0 Å². The van der Waals surface area contributed by atoms with Crippen LogP contribution in [-0.2, 0) is 28.6 Å². The summed E-state index contributed by atoms with van der Waals surface area (Å²) in [7, 11) is 0. The molecule has 0 radical (unpaired) electrons. The average Bonchev–Trinajstić information content (AvgIpc) is 2.91. The fourth-order valence-electron chi connectivity index (χ4n) is 7.71. The summed E-state index contributed by atoms with van der Waals surface area (Å²) in [5.74, 6) is -2.20. The van der Waals surface area contributed by atoms with Gasteiger partial charge in [-0.3, -0.25) is 4.79 Å². The van der Waals surface area contributed by atoms with Crippen molar-refractivity contribution in [2.75, 3.05) is 0 Å². The molecule has 1 saturated carbocycles. The Morgan fingerprint density at radius 3 is 2.30 bits per heavy atom. The smallest absolute Gasteiger partial charge is 0.344 e. The van der Waals surface area contributed by atoms with Crippen LogP contribution in [0.4, 0.5) is 0 Å². The van der Waals surface area contributed by atoms with E-state index in [1.54, 1.807) is 13.0 Å². The van der Waals surface area contributed by atoms with Crippen LogP contribution in [0.15, 0.2) is 35.5 Å². The van der Waals surface area contributed by atoms with Crippen LogP contribution in [0.1, 0.15) is 54.4 Å². The summed E-state index contributed by atoms with van der Waals surface area (Å²) in [4.78, 5) is 38.9. The van der Waals surface area contributed by atoms with Crippen molar-refractivity contribution in [3.63, 3.8) is 0 Å². The summed E-state index contributed by atoms with van der Waals surface area (Å²) in [6.45, 7) is 14.4. The summed E-state index contributed by atoms with van der Waals surface area (Å²) in [5, 5.41) is 23.6. The largest absolute Gasteiger partial charge is 0.458 e. The van der Waals surface area contributed by atoms with Gasteiger partial charge in [0.15, 0.2) is 5.60 Å². The Morgan fingerprint density at radius 1 is 1.06 bits per heavy atom.